The zero-order valence-corrected chi connectivity index (χ0v) is 9.45. The number of hydrogen-bond acceptors (Lipinski definition) is 4. The van der Waals surface area contributed by atoms with E-state index in [1.165, 1.54) is 11.5 Å². The predicted molar refractivity (Wildman–Crippen MR) is 65.9 cm³/mol. The topological polar surface area (TPSA) is 54.5 Å². The lowest BCUT2D eigenvalue weighted by atomic mass is 10.2. The largest absolute Gasteiger partial charge is 0.399 e. The number of nitrogens with two attached hydrogens (primary N) is 1. The standard InChI is InChI=1S/C10H12N4S/c1-14(2)6-12-10-8-5-7(11)3-4-9(8)15-13-10/h3-6H,11H2,1-2H3. The van der Waals surface area contributed by atoms with E-state index in [-0.39, 0.29) is 0 Å². The average Bonchev–Trinajstić information content (AvgIpc) is 2.57. The summed E-state index contributed by atoms with van der Waals surface area (Å²) >= 11 is 1.44. The second-order valence-electron chi connectivity index (χ2n) is 3.47. The van der Waals surface area contributed by atoms with Gasteiger partial charge in [-0.1, -0.05) is 0 Å². The highest BCUT2D eigenvalue weighted by atomic mass is 32.1. The van der Waals surface area contributed by atoms with Gasteiger partial charge in [0.25, 0.3) is 0 Å². The molecule has 15 heavy (non-hydrogen) atoms. The monoisotopic (exact) mass is 220 g/mol. The Morgan fingerprint density at radius 3 is 3.00 bits per heavy atom. The van der Waals surface area contributed by atoms with E-state index in [9.17, 15) is 0 Å². The molecule has 0 spiro atoms. The molecule has 1 heterocycles. The Morgan fingerprint density at radius 1 is 1.47 bits per heavy atom. The van der Waals surface area contributed by atoms with Crippen LogP contribution in [0, 0.1) is 0 Å². The van der Waals surface area contributed by atoms with Crippen molar-refractivity contribution in [3.63, 3.8) is 0 Å². The first-order chi connectivity index (χ1) is 7.16. The quantitative estimate of drug-likeness (QED) is 0.479. The van der Waals surface area contributed by atoms with Gasteiger partial charge in [-0.05, 0) is 29.7 Å². The maximum Gasteiger partial charge on any atom is 0.174 e. The third-order valence-electron chi connectivity index (χ3n) is 1.89. The molecule has 2 rings (SSSR count). The number of nitrogen functional groups attached to an aromatic ring is 1. The normalized spacial score (nSPS) is 11.3. The molecular weight excluding hydrogens is 208 g/mol. The zero-order chi connectivity index (χ0) is 10.8. The summed E-state index contributed by atoms with van der Waals surface area (Å²) in [6, 6.07) is 5.75. The van der Waals surface area contributed by atoms with Crippen LogP contribution < -0.4 is 5.73 Å². The molecule has 5 heteroatoms. The van der Waals surface area contributed by atoms with Crippen molar-refractivity contribution in [2.45, 2.75) is 0 Å². The van der Waals surface area contributed by atoms with Crippen LogP contribution in [0.5, 0.6) is 0 Å². The van der Waals surface area contributed by atoms with Gasteiger partial charge in [-0.2, -0.15) is 4.37 Å². The van der Waals surface area contributed by atoms with Crippen molar-refractivity contribution < 1.29 is 0 Å². The third-order valence-corrected chi connectivity index (χ3v) is 2.70. The van der Waals surface area contributed by atoms with Crippen molar-refractivity contribution >= 4 is 39.5 Å². The van der Waals surface area contributed by atoms with Crippen LogP contribution in [-0.4, -0.2) is 29.7 Å². The molecule has 78 valence electrons. The Morgan fingerprint density at radius 2 is 2.27 bits per heavy atom. The fourth-order valence-electron chi connectivity index (χ4n) is 1.21. The number of nitrogens with zero attached hydrogens (tertiary/aromatic N) is 3. The van der Waals surface area contributed by atoms with E-state index >= 15 is 0 Å². The van der Waals surface area contributed by atoms with Gasteiger partial charge < -0.3 is 10.6 Å². The van der Waals surface area contributed by atoms with Crippen molar-refractivity contribution in [3.05, 3.63) is 18.2 Å². The van der Waals surface area contributed by atoms with Crippen molar-refractivity contribution in [1.29, 1.82) is 0 Å². The molecule has 0 unspecified atom stereocenters. The minimum absolute atomic E-state index is 0.732. The predicted octanol–water partition coefficient (Wildman–Crippen LogP) is 2.10. The van der Waals surface area contributed by atoms with E-state index in [1.54, 1.807) is 6.34 Å². The number of rotatable bonds is 2. The zero-order valence-electron chi connectivity index (χ0n) is 8.64. The SMILES string of the molecule is CN(C)C=Nc1nsc2ccc(N)cc12. The molecule has 0 fully saturated rings. The molecule has 1 aromatic carbocycles. The molecule has 0 atom stereocenters. The molecular formula is C10H12N4S. The van der Waals surface area contributed by atoms with Gasteiger partial charge in [-0.3, -0.25) is 0 Å². The van der Waals surface area contributed by atoms with Crippen molar-refractivity contribution in [3.8, 4) is 0 Å². The van der Waals surface area contributed by atoms with Crippen molar-refractivity contribution in [2.24, 2.45) is 4.99 Å². The van der Waals surface area contributed by atoms with Gasteiger partial charge >= 0.3 is 0 Å². The Bertz CT molecular complexity index is 501. The summed E-state index contributed by atoms with van der Waals surface area (Å²) in [7, 11) is 3.85. The molecule has 4 nitrogen and oxygen atoms in total. The molecule has 0 amide bonds. The minimum Gasteiger partial charge on any atom is -0.399 e. The molecule has 0 saturated carbocycles. The molecule has 0 aliphatic carbocycles. The lowest BCUT2D eigenvalue weighted by molar-refractivity contribution is 0.643. The van der Waals surface area contributed by atoms with Crippen LogP contribution >= 0.6 is 11.5 Å². The number of aliphatic imine (C=N–C) groups is 1. The molecule has 0 aliphatic rings. The van der Waals surface area contributed by atoms with Gasteiger partial charge in [-0.15, -0.1) is 0 Å². The third kappa shape index (κ3) is 2.07. The molecule has 0 saturated heterocycles. The number of benzene rings is 1. The van der Waals surface area contributed by atoms with Gasteiger partial charge in [0.05, 0.1) is 11.0 Å². The highest BCUT2D eigenvalue weighted by molar-refractivity contribution is 7.13. The molecule has 2 aromatic rings. The van der Waals surface area contributed by atoms with Crippen LogP contribution in [0.25, 0.3) is 10.1 Å². The second-order valence-corrected chi connectivity index (χ2v) is 4.27. The number of aromatic nitrogens is 1. The molecule has 0 bridgehead atoms. The van der Waals surface area contributed by atoms with E-state index in [0.29, 0.717) is 0 Å². The average molecular weight is 220 g/mol. The summed E-state index contributed by atoms with van der Waals surface area (Å²) in [5, 5.41) is 1.01. The molecule has 0 aliphatic heterocycles. The van der Waals surface area contributed by atoms with Crippen LogP contribution in [0.2, 0.25) is 0 Å². The number of hydrogen-bond donors (Lipinski definition) is 1. The lowest BCUT2D eigenvalue weighted by Crippen LogP contribution is -2.06. The first-order valence-electron chi connectivity index (χ1n) is 4.52. The summed E-state index contributed by atoms with van der Waals surface area (Å²) < 4.78 is 5.38. The summed E-state index contributed by atoms with van der Waals surface area (Å²) in [6.07, 6.45) is 1.73. The maximum atomic E-state index is 5.72. The van der Waals surface area contributed by atoms with Gasteiger partial charge in [0, 0.05) is 25.2 Å². The van der Waals surface area contributed by atoms with Gasteiger partial charge in [-0.25, -0.2) is 4.99 Å². The first-order valence-corrected chi connectivity index (χ1v) is 5.29. The van der Waals surface area contributed by atoms with Gasteiger partial charge in [0.15, 0.2) is 5.82 Å². The Hall–Kier alpha value is -1.62. The maximum absolute atomic E-state index is 5.72. The van der Waals surface area contributed by atoms with Crippen molar-refractivity contribution in [1.82, 2.24) is 9.27 Å². The Kier molecular flexibility index (Phi) is 2.55. The summed E-state index contributed by atoms with van der Waals surface area (Å²) in [5.74, 6) is 0.732. The fraction of sp³-hybridized carbons (Fsp3) is 0.200. The molecule has 2 N–H and O–H groups in total. The number of anilines is 1. The van der Waals surface area contributed by atoms with E-state index in [4.69, 9.17) is 5.73 Å². The first kappa shape index (κ1) is 9.92. The van der Waals surface area contributed by atoms with Crippen LogP contribution in [0.15, 0.2) is 23.2 Å². The molecule has 0 radical (unpaired) electrons. The van der Waals surface area contributed by atoms with Gasteiger partial charge in [0.2, 0.25) is 0 Å². The molecule has 1 aromatic heterocycles. The highest BCUT2D eigenvalue weighted by Crippen LogP contribution is 2.30. The Labute approximate surface area is 92.2 Å². The fourth-order valence-corrected chi connectivity index (χ4v) is 1.91. The van der Waals surface area contributed by atoms with Crippen LogP contribution in [0.3, 0.4) is 0 Å². The second kappa shape index (κ2) is 3.86. The number of fused-ring (bicyclic) bond motifs is 1. The van der Waals surface area contributed by atoms with Crippen molar-refractivity contribution in [2.75, 3.05) is 19.8 Å². The van der Waals surface area contributed by atoms with E-state index in [0.717, 1.165) is 21.6 Å². The van der Waals surface area contributed by atoms with Crippen LogP contribution in [-0.2, 0) is 0 Å². The summed E-state index contributed by atoms with van der Waals surface area (Å²) in [6.45, 7) is 0. The van der Waals surface area contributed by atoms with E-state index in [1.807, 2.05) is 37.2 Å². The summed E-state index contributed by atoms with van der Waals surface area (Å²) in [5.41, 5.74) is 6.46. The van der Waals surface area contributed by atoms with E-state index < -0.39 is 0 Å². The van der Waals surface area contributed by atoms with Crippen LogP contribution in [0.1, 0.15) is 0 Å². The van der Waals surface area contributed by atoms with Gasteiger partial charge in [0.1, 0.15) is 0 Å². The highest BCUT2D eigenvalue weighted by Gasteiger charge is 2.04. The van der Waals surface area contributed by atoms with Crippen LogP contribution in [0.4, 0.5) is 11.5 Å². The minimum atomic E-state index is 0.732. The smallest absolute Gasteiger partial charge is 0.174 e. The lowest BCUT2D eigenvalue weighted by Gasteiger charge is -2.00. The Balaban J connectivity index is 2.48. The summed E-state index contributed by atoms with van der Waals surface area (Å²) in [4.78, 5) is 6.15. The van der Waals surface area contributed by atoms with E-state index in [2.05, 4.69) is 9.37 Å².